The molecule has 1 heterocycles. The fourth-order valence-corrected chi connectivity index (χ4v) is 2.54. The fraction of sp³-hybridized carbons (Fsp3) is 0.938. The minimum absolute atomic E-state index is 0. The van der Waals surface area contributed by atoms with Crippen molar-refractivity contribution in [2.45, 2.75) is 39.5 Å². The van der Waals surface area contributed by atoms with Gasteiger partial charge in [-0.05, 0) is 12.3 Å². The predicted octanol–water partition coefficient (Wildman–Crippen LogP) is 2.32. The Hall–Kier alpha value is -0.0800. The lowest BCUT2D eigenvalue weighted by atomic mass is 10.1. The summed E-state index contributed by atoms with van der Waals surface area (Å²) in [5, 5.41) is 6.82. The van der Waals surface area contributed by atoms with E-state index in [9.17, 15) is 0 Å². The summed E-state index contributed by atoms with van der Waals surface area (Å²) in [7, 11) is 1.84. The largest absolute Gasteiger partial charge is 0.379 e. The third-order valence-electron chi connectivity index (χ3n) is 3.84. The molecule has 0 aromatic carbocycles. The summed E-state index contributed by atoms with van der Waals surface area (Å²) >= 11 is 0. The van der Waals surface area contributed by atoms with Crippen molar-refractivity contribution in [2.75, 3.05) is 53.0 Å². The van der Waals surface area contributed by atoms with Crippen molar-refractivity contribution in [1.29, 1.82) is 0 Å². The van der Waals surface area contributed by atoms with Crippen LogP contribution in [-0.2, 0) is 4.74 Å². The molecule has 6 heteroatoms. The number of aliphatic imine (C=N–C) groups is 1. The number of guanidine groups is 1. The number of halogens is 1. The van der Waals surface area contributed by atoms with Gasteiger partial charge < -0.3 is 15.4 Å². The zero-order chi connectivity index (χ0) is 15.3. The molecule has 0 bridgehead atoms. The zero-order valence-electron chi connectivity index (χ0n) is 14.6. The topological polar surface area (TPSA) is 48.9 Å². The van der Waals surface area contributed by atoms with Gasteiger partial charge in [-0.2, -0.15) is 0 Å². The molecule has 22 heavy (non-hydrogen) atoms. The Balaban J connectivity index is 0.00000441. The highest BCUT2D eigenvalue weighted by molar-refractivity contribution is 14.0. The first-order chi connectivity index (χ1) is 10.3. The standard InChI is InChI=1S/C16H34N4O.HI/c1-4-5-6-7-8-18-16(17-3)19-13-15(2)14-20-9-11-21-12-10-20;/h15H,4-14H2,1-3H3,(H2,17,18,19);1H. The molecule has 0 spiro atoms. The molecule has 0 amide bonds. The Morgan fingerprint density at radius 3 is 2.55 bits per heavy atom. The number of ether oxygens (including phenoxy) is 1. The number of unbranched alkanes of at least 4 members (excludes halogenated alkanes) is 3. The lowest BCUT2D eigenvalue weighted by molar-refractivity contribution is 0.0320. The van der Waals surface area contributed by atoms with E-state index < -0.39 is 0 Å². The Morgan fingerprint density at radius 1 is 1.18 bits per heavy atom. The summed E-state index contributed by atoms with van der Waals surface area (Å²) in [6.07, 6.45) is 5.13. The molecule has 0 radical (unpaired) electrons. The first-order valence-corrected chi connectivity index (χ1v) is 8.50. The van der Waals surface area contributed by atoms with Crippen molar-refractivity contribution in [3.8, 4) is 0 Å². The Labute approximate surface area is 153 Å². The molecule has 2 N–H and O–H groups in total. The molecular weight excluding hydrogens is 391 g/mol. The Kier molecular flexibility index (Phi) is 14.5. The summed E-state index contributed by atoms with van der Waals surface area (Å²) in [5.41, 5.74) is 0. The minimum atomic E-state index is 0. The Bertz CT molecular complexity index is 283. The SMILES string of the molecule is CCCCCCNC(=NC)NCC(C)CN1CCOCC1.I. The van der Waals surface area contributed by atoms with Gasteiger partial charge in [0.1, 0.15) is 0 Å². The average Bonchev–Trinajstić information content (AvgIpc) is 2.51. The maximum absolute atomic E-state index is 5.38. The smallest absolute Gasteiger partial charge is 0.190 e. The van der Waals surface area contributed by atoms with Crippen LogP contribution >= 0.6 is 24.0 Å². The van der Waals surface area contributed by atoms with Crippen molar-refractivity contribution < 1.29 is 4.74 Å². The molecule has 1 atom stereocenters. The minimum Gasteiger partial charge on any atom is -0.379 e. The molecule has 1 fully saturated rings. The number of hydrogen-bond acceptors (Lipinski definition) is 3. The van der Waals surface area contributed by atoms with Crippen molar-refractivity contribution in [2.24, 2.45) is 10.9 Å². The number of nitrogens with one attached hydrogen (secondary N) is 2. The third-order valence-corrected chi connectivity index (χ3v) is 3.84. The second-order valence-corrected chi connectivity index (χ2v) is 5.96. The van der Waals surface area contributed by atoms with E-state index in [1.165, 1.54) is 25.7 Å². The van der Waals surface area contributed by atoms with Crippen LogP contribution in [0.1, 0.15) is 39.5 Å². The molecule has 1 aliphatic rings. The van der Waals surface area contributed by atoms with Crippen LogP contribution in [0.4, 0.5) is 0 Å². The number of morpholine rings is 1. The molecule has 1 unspecified atom stereocenters. The van der Waals surface area contributed by atoms with Gasteiger partial charge in [0, 0.05) is 39.8 Å². The average molecular weight is 426 g/mol. The van der Waals surface area contributed by atoms with Gasteiger partial charge in [0.15, 0.2) is 5.96 Å². The quantitative estimate of drug-likeness (QED) is 0.257. The number of hydrogen-bond donors (Lipinski definition) is 2. The van der Waals surface area contributed by atoms with E-state index in [-0.39, 0.29) is 24.0 Å². The second-order valence-electron chi connectivity index (χ2n) is 5.96. The van der Waals surface area contributed by atoms with E-state index in [1.807, 2.05) is 7.05 Å². The third kappa shape index (κ3) is 10.6. The molecule has 0 aliphatic carbocycles. The lowest BCUT2D eigenvalue weighted by Crippen LogP contribution is -2.44. The van der Waals surface area contributed by atoms with Crippen LogP contribution in [0.3, 0.4) is 0 Å². The van der Waals surface area contributed by atoms with E-state index in [2.05, 4.69) is 34.4 Å². The van der Waals surface area contributed by atoms with Gasteiger partial charge in [0.05, 0.1) is 13.2 Å². The molecule has 0 saturated carbocycles. The van der Waals surface area contributed by atoms with Crippen LogP contribution in [0, 0.1) is 5.92 Å². The van der Waals surface area contributed by atoms with Crippen molar-refractivity contribution in [3.05, 3.63) is 0 Å². The van der Waals surface area contributed by atoms with E-state index in [0.717, 1.165) is 51.9 Å². The normalized spacial score (nSPS) is 17.7. The molecular formula is C16H35IN4O. The summed E-state index contributed by atoms with van der Waals surface area (Å²) < 4.78 is 5.38. The highest BCUT2D eigenvalue weighted by atomic mass is 127. The zero-order valence-corrected chi connectivity index (χ0v) is 16.9. The molecule has 132 valence electrons. The lowest BCUT2D eigenvalue weighted by Gasteiger charge is -2.29. The van der Waals surface area contributed by atoms with Gasteiger partial charge in [-0.15, -0.1) is 24.0 Å². The number of rotatable bonds is 9. The maximum Gasteiger partial charge on any atom is 0.190 e. The van der Waals surface area contributed by atoms with E-state index in [4.69, 9.17) is 4.74 Å². The summed E-state index contributed by atoms with van der Waals surface area (Å²) in [4.78, 5) is 6.77. The molecule has 0 aromatic heterocycles. The van der Waals surface area contributed by atoms with Gasteiger partial charge in [0.25, 0.3) is 0 Å². The second kappa shape index (κ2) is 14.5. The van der Waals surface area contributed by atoms with Crippen molar-refractivity contribution >= 4 is 29.9 Å². The molecule has 1 aliphatic heterocycles. The summed E-state index contributed by atoms with van der Waals surface area (Å²) in [6, 6.07) is 0. The van der Waals surface area contributed by atoms with Crippen LogP contribution in [-0.4, -0.2) is 63.8 Å². The Morgan fingerprint density at radius 2 is 1.91 bits per heavy atom. The number of nitrogens with zero attached hydrogens (tertiary/aromatic N) is 2. The van der Waals surface area contributed by atoms with Gasteiger partial charge in [0.2, 0.25) is 0 Å². The summed E-state index contributed by atoms with van der Waals surface area (Å²) in [5.74, 6) is 1.54. The van der Waals surface area contributed by atoms with Crippen LogP contribution < -0.4 is 10.6 Å². The molecule has 5 nitrogen and oxygen atoms in total. The van der Waals surface area contributed by atoms with Crippen LogP contribution in [0.2, 0.25) is 0 Å². The highest BCUT2D eigenvalue weighted by Crippen LogP contribution is 2.02. The molecule has 1 rings (SSSR count). The van der Waals surface area contributed by atoms with Crippen molar-refractivity contribution in [1.82, 2.24) is 15.5 Å². The molecule has 1 saturated heterocycles. The first-order valence-electron chi connectivity index (χ1n) is 8.50. The van der Waals surface area contributed by atoms with Crippen LogP contribution in [0.5, 0.6) is 0 Å². The first kappa shape index (κ1) is 21.9. The monoisotopic (exact) mass is 426 g/mol. The van der Waals surface area contributed by atoms with Crippen LogP contribution in [0.25, 0.3) is 0 Å². The van der Waals surface area contributed by atoms with Gasteiger partial charge >= 0.3 is 0 Å². The highest BCUT2D eigenvalue weighted by Gasteiger charge is 2.13. The van der Waals surface area contributed by atoms with Crippen LogP contribution in [0.15, 0.2) is 4.99 Å². The summed E-state index contributed by atoms with van der Waals surface area (Å²) in [6.45, 7) is 11.5. The van der Waals surface area contributed by atoms with Gasteiger partial charge in [-0.1, -0.05) is 33.1 Å². The van der Waals surface area contributed by atoms with E-state index >= 15 is 0 Å². The predicted molar refractivity (Wildman–Crippen MR) is 105 cm³/mol. The van der Waals surface area contributed by atoms with Gasteiger partial charge in [-0.25, -0.2) is 0 Å². The van der Waals surface area contributed by atoms with Crippen molar-refractivity contribution in [3.63, 3.8) is 0 Å². The van der Waals surface area contributed by atoms with E-state index in [1.54, 1.807) is 0 Å². The molecule has 0 aromatic rings. The maximum atomic E-state index is 5.38. The van der Waals surface area contributed by atoms with Gasteiger partial charge in [-0.3, -0.25) is 9.89 Å². The fourth-order valence-electron chi connectivity index (χ4n) is 2.54. The van der Waals surface area contributed by atoms with E-state index in [0.29, 0.717) is 5.92 Å².